The van der Waals surface area contributed by atoms with Gasteiger partial charge in [-0.1, -0.05) is 25.5 Å². The molecular weight excluding hydrogens is 194 g/mol. The van der Waals surface area contributed by atoms with Crippen LogP contribution in [0.15, 0.2) is 24.3 Å². The van der Waals surface area contributed by atoms with Crippen molar-refractivity contribution in [2.24, 2.45) is 5.92 Å². The third-order valence-corrected chi connectivity index (χ3v) is 3.94. The first-order chi connectivity index (χ1) is 7.83. The van der Waals surface area contributed by atoms with Crippen LogP contribution >= 0.6 is 0 Å². The number of hydrogen-bond donors (Lipinski definition) is 0. The van der Waals surface area contributed by atoms with Crippen molar-refractivity contribution >= 4 is 0 Å². The molecule has 1 aliphatic rings. The number of hydrogen-bond acceptors (Lipinski definition) is 1. The van der Waals surface area contributed by atoms with Gasteiger partial charge in [-0.3, -0.25) is 0 Å². The third-order valence-electron chi connectivity index (χ3n) is 3.94. The molecule has 84 valence electrons. The molecule has 0 radical (unpaired) electrons. The van der Waals surface area contributed by atoms with Gasteiger partial charge in [0, 0.05) is 0 Å². The number of rotatable bonds is 2. The molecule has 0 N–H and O–H groups in total. The van der Waals surface area contributed by atoms with Crippen molar-refractivity contribution < 1.29 is 0 Å². The molecule has 1 aromatic rings. The molecule has 0 atom stereocenters. The van der Waals surface area contributed by atoms with Crippen LogP contribution in [-0.2, 0) is 0 Å². The first-order valence-electron chi connectivity index (χ1n) is 6.33. The molecule has 0 unspecified atom stereocenters. The Balaban J connectivity index is 2.00. The highest BCUT2D eigenvalue weighted by Gasteiger charge is 2.20. The van der Waals surface area contributed by atoms with E-state index in [4.69, 9.17) is 5.26 Å². The predicted molar refractivity (Wildman–Crippen MR) is 66.1 cm³/mol. The van der Waals surface area contributed by atoms with Crippen LogP contribution in [-0.4, -0.2) is 0 Å². The van der Waals surface area contributed by atoms with Gasteiger partial charge >= 0.3 is 0 Å². The van der Waals surface area contributed by atoms with Crippen LogP contribution in [0.25, 0.3) is 0 Å². The molecule has 1 saturated carbocycles. The van der Waals surface area contributed by atoms with Gasteiger partial charge in [0.2, 0.25) is 0 Å². The van der Waals surface area contributed by atoms with Crippen molar-refractivity contribution in [3.8, 4) is 6.07 Å². The van der Waals surface area contributed by atoms with Crippen LogP contribution in [0.5, 0.6) is 0 Å². The Bertz CT molecular complexity index is 363. The molecule has 1 aliphatic carbocycles. The van der Waals surface area contributed by atoms with E-state index in [9.17, 15) is 0 Å². The Kier molecular flexibility index (Phi) is 3.62. The van der Waals surface area contributed by atoms with E-state index in [1.165, 1.54) is 37.7 Å². The first kappa shape index (κ1) is 11.2. The van der Waals surface area contributed by atoms with Gasteiger partial charge in [-0.15, -0.1) is 0 Å². The Morgan fingerprint density at radius 1 is 1.12 bits per heavy atom. The molecule has 0 heterocycles. The second kappa shape index (κ2) is 5.16. The van der Waals surface area contributed by atoms with Crippen LogP contribution in [0, 0.1) is 17.2 Å². The van der Waals surface area contributed by atoms with Crippen molar-refractivity contribution in [1.82, 2.24) is 0 Å². The van der Waals surface area contributed by atoms with Crippen molar-refractivity contribution in [3.05, 3.63) is 35.4 Å². The molecule has 1 aromatic carbocycles. The van der Waals surface area contributed by atoms with Crippen molar-refractivity contribution in [2.45, 2.75) is 44.9 Å². The van der Waals surface area contributed by atoms with Gasteiger partial charge in [-0.05, 0) is 55.2 Å². The number of benzene rings is 1. The summed E-state index contributed by atoms with van der Waals surface area (Å²) >= 11 is 0. The van der Waals surface area contributed by atoms with Crippen LogP contribution in [0.2, 0.25) is 0 Å². The lowest BCUT2D eigenvalue weighted by atomic mass is 9.78. The lowest BCUT2D eigenvalue weighted by Gasteiger charge is -2.28. The molecule has 0 aromatic heterocycles. The predicted octanol–water partition coefficient (Wildman–Crippen LogP) is 4.24. The zero-order valence-electron chi connectivity index (χ0n) is 9.95. The first-order valence-corrected chi connectivity index (χ1v) is 6.33. The van der Waals surface area contributed by atoms with Crippen LogP contribution in [0.4, 0.5) is 0 Å². The van der Waals surface area contributed by atoms with Gasteiger partial charge in [0.25, 0.3) is 0 Å². The van der Waals surface area contributed by atoms with E-state index < -0.39 is 0 Å². The zero-order valence-corrected chi connectivity index (χ0v) is 9.95. The normalized spacial score (nSPS) is 25.0. The molecule has 0 bridgehead atoms. The summed E-state index contributed by atoms with van der Waals surface area (Å²) in [5.41, 5.74) is 2.19. The summed E-state index contributed by atoms with van der Waals surface area (Å²) in [6, 6.07) is 10.3. The lowest BCUT2D eigenvalue weighted by Crippen LogP contribution is -2.12. The van der Waals surface area contributed by atoms with Crippen LogP contribution < -0.4 is 0 Å². The fourth-order valence-electron chi connectivity index (χ4n) is 2.73. The van der Waals surface area contributed by atoms with E-state index in [1.807, 2.05) is 12.1 Å². The standard InChI is InChI=1S/C15H19N/c1-2-12-3-7-14(8-4-12)15-9-5-13(11-16)6-10-15/h5-6,9-10,12,14H,2-4,7-8H2,1H3/t12-,14-. The minimum absolute atomic E-state index is 0.732. The van der Waals surface area contributed by atoms with E-state index in [-0.39, 0.29) is 0 Å². The van der Waals surface area contributed by atoms with Gasteiger partial charge in [-0.25, -0.2) is 0 Å². The molecule has 1 nitrogen and oxygen atoms in total. The molecule has 16 heavy (non-hydrogen) atoms. The second-order valence-corrected chi connectivity index (χ2v) is 4.86. The molecule has 0 aliphatic heterocycles. The van der Waals surface area contributed by atoms with E-state index in [0.29, 0.717) is 0 Å². The lowest BCUT2D eigenvalue weighted by molar-refractivity contribution is 0.319. The summed E-state index contributed by atoms with van der Waals surface area (Å²) in [7, 11) is 0. The van der Waals surface area contributed by atoms with E-state index in [1.54, 1.807) is 0 Å². The summed E-state index contributed by atoms with van der Waals surface area (Å²) in [5, 5.41) is 8.76. The maximum Gasteiger partial charge on any atom is 0.0991 e. The fourth-order valence-corrected chi connectivity index (χ4v) is 2.73. The largest absolute Gasteiger partial charge is 0.192 e. The maximum atomic E-state index is 8.76. The number of nitriles is 1. The Hall–Kier alpha value is -1.29. The van der Waals surface area contributed by atoms with Gasteiger partial charge in [0.15, 0.2) is 0 Å². The van der Waals surface area contributed by atoms with Gasteiger partial charge in [0.05, 0.1) is 11.6 Å². The molecule has 2 rings (SSSR count). The van der Waals surface area contributed by atoms with Crippen molar-refractivity contribution in [3.63, 3.8) is 0 Å². The average molecular weight is 213 g/mol. The summed E-state index contributed by atoms with van der Waals surface area (Å²) < 4.78 is 0. The topological polar surface area (TPSA) is 23.8 Å². The smallest absolute Gasteiger partial charge is 0.0991 e. The minimum Gasteiger partial charge on any atom is -0.192 e. The SMILES string of the molecule is CC[C@H]1CC[C@H](c2ccc(C#N)cc2)CC1. The minimum atomic E-state index is 0.732. The Morgan fingerprint density at radius 3 is 2.25 bits per heavy atom. The highest BCUT2D eigenvalue weighted by atomic mass is 14.3. The Morgan fingerprint density at radius 2 is 1.75 bits per heavy atom. The molecule has 1 fully saturated rings. The second-order valence-electron chi connectivity index (χ2n) is 4.86. The van der Waals surface area contributed by atoms with Crippen LogP contribution in [0.3, 0.4) is 0 Å². The zero-order chi connectivity index (χ0) is 11.4. The summed E-state index contributed by atoms with van der Waals surface area (Å²) in [5.74, 6) is 1.69. The summed E-state index contributed by atoms with van der Waals surface area (Å²) in [6.07, 6.45) is 6.73. The molecule has 0 spiro atoms. The highest BCUT2D eigenvalue weighted by molar-refractivity contribution is 5.33. The van der Waals surface area contributed by atoms with E-state index >= 15 is 0 Å². The summed E-state index contributed by atoms with van der Waals surface area (Å²) in [4.78, 5) is 0. The summed E-state index contributed by atoms with van der Waals surface area (Å²) in [6.45, 7) is 2.30. The van der Waals surface area contributed by atoms with E-state index in [2.05, 4.69) is 25.1 Å². The molecule has 0 amide bonds. The number of nitrogens with zero attached hydrogens (tertiary/aromatic N) is 1. The van der Waals surface area contributed by atoms with Gasteiger partial charge in [0.1, 0.15) is 0 Å². The van der Waals surface area contributed by atoms with Crippen LogP contribution in [0.1, 0.15) is 56.1 Å². The van der Waals surface area contributed by atoms with Gasteiger partial charge < -0.3 is 0 Å². The van der Waals surface area contributed by atoms with Crippen molar-refractivity contribution in [1.29, 1.82) is 5.26 Å². The quantitative estimate of drug-likeness (QED) is 0.720. The average Bonchev–Trinajstić information content (AvgIpc) is 2.39. The molecule has 0 saturated heterocycles. The van der Waals surface area contributed by atoms with E-state index in [0.717, 1.165) is 17.4 Å². The monoisotopic (exact) mass is 213 g/mol. The molecule has 1 heteroatoms. The maximum absolute atomic E-state index is 8.76. The fraction of sp³-hybridized carbons (Fsp3) is 0.533. The molecular formula is C15H19N. The third kappa shape index (κ3) is 2.44. The van der Waals surface area contributed by atoms with Gasteiger partial charge in [-0.2, -0.15) is 5.26 Å². The highest BCUT2D eigenvalue weighted by Crippen LogP contribution is 2.36. The Labute approximate surface area is 98.1 Å². The van der Waals surface area contributed by atoms with Crippen molar-refractivity contribution in [2.75, 3.05) is 0 Å².